The van der Waals surface area contributed by atoms with Crippen molar-refractivity contribution in [1.82, 2.24) is 4.90 Å². The molecule has 3 rings (SSSR count). The van der Waals surface area contributed by atoms with Gasteiger partial charge in [-0.05, 0) is 48.7 Å². The van der Waals surface area contributed by atoms with Crippen LogP contribution in [0.15, 0.2) is 41.0 Å². The summed E-state index contributed by atoms with van der Waals surface area (Å²) in [6.07, 6.45) is 3.53. The lowest BCUT2D eigenvalue weighted by Gasteiger charge is -2.25. The molecule has 6 heteroatoms. The number of carbonyl (C=O) groups is 2. The van der Waals surface area contributed by atoms with Crippen LogP contribution in [0.2, 0.25) is 0 Å². The predicted molar refractivity (Wildman–Crippen MR) is 106 cm³/mol. The summed E-state index contributed by atoms with van der Waals surface area (Å²) >= 11 is 0. The van der Waals surface area contributed by atoms with Gasteiger partial charge in [0.15, 0.2) is 5.76 Å². The highest BCUT2D eigenvalue weighted by Crippen LogP contribution is 2.33. The highest BCUT2D eigenvalue weighted by atomic mass is 16.3. The lowest BCUT2D eigenvalue weighted by Crippen LogP contribution is -2.33. The number of furan rings is 1. The topological polar surface area (TPSA) is 65.8 Å². The van der Waals surface area contributed by atoms with Crippen LogP contribution in [0, 0.1) is 5.92 Å². The van der Waals surface area contributed by atoms with Crippen LogP contribution in [0.3, 0.4) is 0 Å². The van der Waals surface area contributed by atoms with Crippen LogP contribution >= 0.6 is 0 Å². The molecule has 27 heavy (non-hydrogen) atoms. The Morgan fingerprint density at radius 2 is 1.96 bits per heavy atom. The third-order valence-corrected chi connectivity index (χ3v) is 4.67. The largest absolute Gasteiger partial charge is 0.459 e. The van der Waals surface area contributed by atoms with E-state index in [4.69, 9.17) is 4.42 Å². The molecular weight excluding hydrogens is 342 g/mol. The Balaban J connectivity index is 1.88. The van der Waals surface area contributed by atoms with E-state index in [-0.39, 0.29) is 23.8 Å². The molecule has 2 amide bonds. The molecule has 0 aliphatic heterocycles. The molecule has 0 bridgehead atoms. The summed E-state index contributed by atoms with van der Waals surface area (Å²) in [6.45, 7) is 4.20. The minimum Gasteiger partial charge on any atom is -0.459 e. The Kier molecular flexibility index (Phi) is 5.54. The van der Waals surface area contributed by atoms with Crippen LogP contribution in [0.25, 0.3) is 0 Å². The zero-order valence-electron chi connectivity index (χ0n) is 16.4. The number of rotatable bonds is 7. The van der Waals surface area contributed by atoms with E-state index in [1.165, 1.54) is 6.26 Å². The van der Waals surface area contributed by atoms with Crippen LogP contribution in [0.4, 0.5) is 11.4 Å². The number of anilines is 2. The highest BCUT2D eigenvalue weighted by Gasteiger charge is 2.34. The van der Waals surface area contributed by atoms with Crippen molar-refractivity contribution in [3.63, 3.8) is 0 Å². The first-order chi connectivity index (χ1) is 12.9. The van der Waals surface area contributed by atoms with Gasteiger partial charge >= 0.3 is 0 Å². The minimum atomic E-state index is -0.0937. The lowest BCUT2D eigenvalue weighted by molar-refractivity contribution is -0.118. The van der Waals surface area contributed by atoms with E-state index in [9.17, 15) is 9.59 Å². The first kappa shape index (κ1) is 19.0. The third kappa shape index (κ3) is 4.51. The van der Waals surface area contributed by atoms with Gasteiger partial charge in [-0.15, -0.1) is 0 Å². The molecule has 2 aromatic rings. The van der Waals surface area contributed by atoms with Gasteiger partial charge in [0.2, 0.25) is 5.91 Å². The van der Waals surface area contributed by atoms with E-state index < -0.39 is 0 Å². The van der Waals surface area contributed by atoms with Crippen LogP contribution in [0.5, 0.6) is 0 Å². The number of nitrogens with zero attached hydrogens (tertiary/aromatic N) is 2. The Labute approximate surface area is 160 Å². The standard InChI is InChI=1S/C21H27N3O3/c1-14(2)20(25)22-16-7-10-18(23(3)4)15(12-16)13-24(17-8-9-17)21(26)19-6-5-11-27-19/h5-7,10-12,14,17H,8-9,13H2,1-4H3,(H,22,25). The molecule has 1 N–H and O–H groups in total. The first-order valence-electron chi connectivity index (χ1n) is 9.32. The van der Waals surface area contributed by atoms with Crippen molar-refractivity contribution in [1.29, 1.82) is 0 Å². The van der Waals surface area contributed by atoms with E-state index >= 15 is 0 Å². The fraction of sp³-hybridized carbons (Fsp3) is 0.429. The summed E-state index contributed by atoms with van der Waals surface area (Å²) < 4.78 is 5.31. The molecule has 0 unspecified atom stereocenters. The number of nitrogens with one attached hydrogen (secondary N) is 1. The highest BCUT2D eigenvalue weighted by molar-refractivity contribution is 5.93. The van der Waals surface area contributed by atoms with Gasteiger partial charge in [0.05, 0.1) is 6.26 Å². The molecule has 6 nitrogen and oxygen atoms in total. The van der Waals surface area contributed by atoms with Crippen molar-refractivity contribution in [2.75, 3.05) is 24.3 Å². The number of hydrogen-bond acceptors (Lipinski definition) is 4. The lowest BCUT2D eigenvalue weighted by atomic mass is 10.1. The van der Waals surface area contributed by atoms with E-state index in [0.717, 1.165) is 29.8 Å². The monoisotopic (exact) mass is 369 g/mol. The predicted octanol–water partition coefficient (Wildman–Crippen LogP) is 3.74. The Bertz CT molecular complexity index is 808. The van der Waals surface area contributed by atoms with Gasteiger partial charge in [-0.2, -0.15) is 0 Å². The molecule has 144 valence electrons. The molecule has 1 aromatic carbocycles. The van der Waals surface area contributed by atoms with E-state index in [1.54, 1.807) is 12.1 Å². The maximum atomic E-state index is 12.9. The van der Waals surface area contributed by atoms with Gasteiger partial charge in [0.25, 0.3) is 5.91 Å². The van der Waals surface area contributed by atoms with Gasteiger partial charge in [-0.1, -0.05) is 13.8 Å². The van der Waals surface area contributed by atoms with E-state index in [2.05, 4.69) is 5.32 Å². The summed E-state index contributed by atoms with van der Waals surface area (Å²) in [5, 5.41) is 2.94. The normalized spacial score (nSPS) is 13.5. The maximum absolute atomic E-state index is 12.9. The Hall–Kier alpha value is -2.76. The van der Waals surface area contributed by atoms with E-state index in [0.29, 0.717) is 12.3 Å². The average molecular weight is 369 g/mol. The Morgan fingerprint density at radius 1 is 1.22 bits per heavy atom. The Morgan fingerprint density at radius 3 is 2.52 bits per heavy atom. The van der Waals surface area contributed by atoms with Gasteiger partial charge in [0, 0.05) is 44.0 Å². The molecule has 1 aliphatic carbocycles. The number of benzene rings is 1. The zero-order valence-corrected chi connectivity index (χ0v) is 16.4. The molecule has 1 heterocycles. The second-order valence-electron chi connectivity index (χ2n) is 7.52. The molecule has 1 aliphatic rings. The molecular formula is C21H27N3O3. The number of carbonyl (C=O) groups excluding carboxylic acids is 2. The van der Waals surface area contributed by atoms with Crippen molar-refractivity contribution in [3.05, 3.63) is 47.9 Å². The van der Waals surface area contributed by atoms with Crippen molar-refractivity contribution in [2.24, 2.45) is 5.92 Å². The summed E-state index contributed by atoms with van der Waals surface area (Å²) in [6, 6.07) is 9.50. The summed E-state index contributed by atoms with van der Waals surface area (Å²) in [7, 11) is 3.95. The second kappa shape index (κ2) is 7.86. The average Bonchev–Trinajstić information content (AvgIpc) is 3.31. The molecule has 0 saturated heterocycles. The van der Waals surface area contributed by atoms with Crippen molar-refractivity contribution >= 4 is 23.2 Å². The van der Waals surface area contributed by atoms with Crippen LogP contribution in [-0.4, -0.2) is 36.9 Å². The molecule has 0 atom stereocenters. The summed E-state index contributed by atoms with van der Waals surface area (Å²) in [4.78, 5) is 28.8. The summed E-state index contributed by atoms with van der Waals surface area (Å²) in [5.74, 6) is 0.149. The van der Waals surface area contributed by atoms with Gasteiger partial charge in [-0.3, -0.25) is 9.59 Å². The minimum absolute atomic E-state index is 0.0238. The third-order valence-electron chi connectivity index (χ3n) is 4.67. The molecule has 0 spiro atoms. The van der Waals surface area contributed by atoms with Crippen LogP contribution in [0.1, 0.15) is 42.8 Å². The quantitative estimate of drug-likeness (QED) is 0.807. The summed E-state index contributed by atoms with van der Waals surface area (Å²) in [5.41, 5.74) is 2.76. The van der Waals surface area contributed by atoms with Crippen molar-refractivity contribution in [2.45, 2.75) is 39.3 Å². The fourth-order valence-corrected chi connectivity index (χ4v) is 2.99. The van der Waals surface area contributed by atoms with Gasteiger partial charge in [-0.25, -0.2) is 0 Å². The van der Waals surface area contributed by atoms with Gasteiger partial charge < -0.3 is 19.5 Å². The molecule has 1 aromatic heterocycles. The van der Waals surface area contributed by atoms with Crippen LogP contribution < -0.4 is 10.2 Å². The fourth-order valence-electron chi connectivity index (χ4n) is 2.99. The molecule has 1 fully saturated rings. The van der Waals surface area contributed by atoms with E-state index in [1.807, 2.05) is 55.9 Å². The molecule has 0 radical (unpaired) electrons. The van der Waals surface area contributed by atoms with Crippen LogP contribution in [-0.2, 0) is 11.3 Å². The number of amides is 2. The second-order valence-corrected chi connectivity index (χ2v) is 7.52. The molecule has 1 saturated carbocycles. The van der Waals surface area contributed by atoms with Crippen molar-refractivity contribution < 1.29 is 14.0 Å². The first-order valence-corrected chi connectivity index (χ1v) is 9.32. The maximum Gasteiger partial charge on any atom is 0.290 e. The SMILES string of the molecule is CC(C)C(=O)Nc1ccc(N(C)C)c(CN(C(=O)c2ccco2)C2CC2)c1. The number of hydrogen-bond donors (Lipinski definition) is 1. The zero-order chi connectivity index (χ0) is 19.6. The smallest absolute Gasteiger partial charge is 0.290 e. The van der Waals surface area contributed by atoms with Gasteiger partial charge in [0.1, 0.15) is 0 Å². The van der Waals surface area contributed by atoms with Crippen molar-refractivity contribution in [3.8, 4) is 0 Å².